The lowest BCUT2D eigenvalue weighted by molar-refractivity contribution is 0.138. The first kappa shape index (κ1) is 31.0. The normalized spacial score (nSPS) is 19.4. The van der Waals surface area contributed by atoms with Crippen molar-refractivity contribution in [2.75, 3.05) is 38.2 Å². The molecule has 2 aromatic rings. The van der Waals surface area contributed by atoms with Crippen LogP contribution in [0.2, 0.25) is 0 Å². The summed E-state index contributed by atoms with van der Waals surface area (Å²) in [6.07, 6.45) is 15.0. The molecule has 4 heterocycles. The molecule has 2 fully saturated rings. The summed E-state index contributed by atoms with van der Waals surface area (Å²) in [6, 6.07) is 6.97. The van der Waals surface area contributed by atoms with Gasteiger partial charge in [-0.15, -0.1) is 0 Å². The average Bonchev–Trinajstić information content (AvgIpc) is 3.39. The van der Waals surface area contributed by atoms with Gasteiger partial charge in [0.25, 0.3) is 0 Å². The fraction of sp³-hybridized carbons (Fsp3) is 0.667. The Morgan fingerprint density at radius 1 is 0.946 bits per heavy atom. The second-order valence-corrected chi connectivity index (χ2v) is 10.2. The quantitative estimate of drug-likeness (QED) is 0.579. The molecule has 3 aliphatic heterocycles. The van der Waals surface area contributed by atoms with Gasteiger partial charge in [0.15, 0.2) is 0 Å². The third kappa shape index (κ3) is 8.66. The molecule has 4 N–H and O–H groups in total. The maximum absolute atomic E-state index is 7.00. The Morgan fingerprint density at radius 3 is 2.19 bits per heavy atom. The van der Waals surface area contributed by atoms with Crippen molar-refractivity contribution in [3.8, 4) is 5.75 Å². The van der Waals surface area contributed by atoms with Crippen molar-refractivity contribution in [3.05, 3.63) is 47.3 Å². The summed E-state index contributed by atoms with van der Waals surface area (Å²) in [7, 11) is 1.00. The Balaban J connectivity index is 0.000000630. The zero-order chi connectivity index (χ0) is 25.8. The standard InChI is InChI=1S/C25H34N4O.C4H10.CH4O.H2O/c1-2-3-18-16-27-25(28-17-18)29-12-8-20(9-13-29)24-15-22-14-21(4-5-23(22)30-24)19-6-10-26-11-7-19;1-3-4-2;1-2;/h4-5,14,16-17,19-20,24,26H,2-3,6-13,15H2,1H3;3-4H2,1-2H3;2H,1H3;1H2. The molecular formula is C30H50N4O3. The van der Waals surface area contributed by atoms with Gasteiger partial charge in [-0.2, -0.15) is 0 Å². The maximum atomic E-state index is 7.00. The van der Waals surface area contributed by atoms with Crippen LogP contribution in [0.4, 0.5) is 5.95 Å². The third-order valence-electron chi connectivity index (χ3n) is 7.67. The minimum absolute atomic E-state index is 0. The van der Waals surface area contributed by atoms with Crippen LogP contribution in [0.3, 0.4) is 0 Å². The number of aliphatic hydroxyl groups is 1. The maximum Gasteiger partial charge on any atom is 0.225 e. The number of anilines is 1. The summed E-state index contributed by atoms with van der Waals surface area (Å²) in [4.78, 5) is 11.6. The van der Waals surface area contributed by atoms with Crippen molar-refractivity contribution >= 4 is 5.95 Å². The Morgan fingerprint density at radius 2 is 1.59 bits per heavy atom. The van der Waals surface area contributed by atoms with E-state index in [2.05, 4.69) is 59.2 Å². The minimum atomic E-state index is 0. The van der Waals surface area contributed by atoms with E-state index < -0.39 is 0 Å². The van der Waals surface area contributed by atoms with Crippen LogP contribution >= 0.6 is 0 Å². The van der Waals surface area contributed by atoms with Crippen LogP contribution in [0.15, 0.2) is 30.6 Å². The highest BCUT2D eigenvalue weighted by molar-refractivity contribution is 5.42. The van der Waals surface area contributed by atoms with Gasteiger partial charge in [-0.25, -0.2) is 9.97 Å². The topological polar surface area (TPSA) is 102 Å². The lowest BCUT2D eigenvalue weighted by atomic mass is 9.87. The lowest BCUT2D eigenvalue weighted by Gasteiger charge is -2.34. The van der Waals surface area contributed by atoms with E-state index in [9.17, 15) is 0 Å². The smallest absolute Gasteiger partial charge is 0.225 e. The van der Waals surface area contributed by atoms with E-state index in [1.165, 1.54) is 42.4 Å². The molecule has 1 unspecified atom stereocenters. The van der Waals surface area contributed by atoms with Crippen LogP contribution < -0.4 is 15.0 Å². The van der Waals surface area contributed by atoms with E-state index in [0.717, 1.165) is 77.1 Å². The Bertz CT molecular complexity index is 877. The fourth-order valence-corrected chi connectivity index (χ4v) is 5.37. The predicted octanol–water partition coefficient (Wildman–Crippen LogP) is 4.71. The van der Waals surface area contributed by atoms with Gasteiger partial charge in [-0.3, -0.25) is 0 Å². The summed E-state index contributed by atoms with van der Waals surface area (Å²) in [6.45, 7) is 10.9. The summed E-state index contributed by atoms with van der Waals surface area (Å²) < 4.78 is 6.41. The summed E-state index contributed by atoms with van der Waals surface area (Å²) >= 11 is 0. The zero-order valence-corrected chi connectivity index (χ0v) is 23.5. The molecule has 0 spiro atoms. The molecule has 1 atom stereocenters. The Kier molecular flexibility index (Phi) is 13.9. The molecular weight excluding hydrogens is 464 g/mol. The molecule has 0 amide bonds. The number of unbranched alkanes of at least 4 members (excludes halogenated alkanes) is 1. The monoisotopic (exact) mass is 514 g/mol. The first-order chi connectivity index (χ1) is 17.7. The molecule has 1 aromatic carbocycles. The Hall–Kier alpha value is -2.22. The molecule has 208 valence electrons. The zero-order valence-electron chi connectivity index (χ0n) is 23.5. The molecule has 1 aromatic heterocycles. The van der Waals surface area contributed by atoms with E-state index in [4.69, 9.17) is 9.84 Å². The number of rotatable bonds is 6. The number of nitrogens with zero attached hydrogens (tertiary/aromatic N) is 3. The first-order valence-electron chi connectivity index (χ1n) is 14.2. The molecule has 7 nitrogen and oxygen atoms in total. The first-order valence-corrected chi connectivity index (χ1v) is 14.2. The third-order valence-corrected chi connectivity index (χ3v) is 7.67. The average molecular weight is 515 g/mol. The number of hydrogen-bond donors (Lipinski definition) is 2. The predicted molar refractivity (Wildman–Crippen MR) is 153 cm³/mol. The molecule has 0 saturated carbocycles. The Labute approximate surface area is 224 Å². The van der Waals surface area contributed by atoms with Crippen LogP contribution in [-0.4, -0.2) is 59.9 Å². The van der Waals surface area contributed by atoms with Crippen molar-refractivity contribution in [3.63, 3.8) is 0 Å². The number of hydrogen-bond acceptors (Lipinski definition) is 6. The number of ether oxygens (including phenoxy) is 1. The van der Waals surface area contributed by atoms with Gasteiger partial charge in [0.1, 0.15) is 11.9 Å². The molecule has 0 radical (unpaired) electrons. The van der Waals surface area contributed by atoms with Crippen molar-refractivity contribution in [2.24, 2.45) is 5.92 Å². The van der Waals surface area contributed by atoms with Crippen molar-refractivity contribution < 1.29 is 15.3 Å². The number of aryl methyl sites for hydroxylation is 1. The van der Waals surface area contributed by atoms with E-state index in [-0.39, 0.29) is 5.48 Å². The number of nitrogens with one attached hydrogen (secondary N) is 1. The van der Waals surface area contributed by atoms with E-state index in [1.54, 1.807) is 0 Å². The number of piperidine rings is 2. The van der Waals surface area contributed by atoms with Crippen LogP contribution in [-0.2, 0) is 12.8 Å². The van der Waals surface area contributed by atoms with Gasteiger partial charge in [-0.05, 0) is 79.8 Å². The SMILES string of the molecule is CCCC.CCCc1cnc(N2CCC(C3Cc4cc(C5CCNCC5)ccc4O3)CC2)nc1.CO.O. The number of fused-ring (bicyclic) bond motifs is 1. The van der Waals surface area contributed by atoms with Crippen LogP contribution in [0, 0.1) is 5.92 Å². The van der Waals surface area contributed by atoms with Gasteiger partial charge in [0, 0.05) is 39.0 Å². The van der Waals surface area contributed by atoms with Gasteiger partial charge in [0.05, 0.1) is 0 Å². The van der Waals surface area contributed by atoms with Gasteiger partial charge in [-0.1, -0.05) is 52.2 Å². The van der Waals surface area contributed by atoms with Gasteiger partial charge < -0.3 is 25.5 Å². The van der Waals surface area contributed by atoms with Crippen molar-refractivity contribution in [1.29, 1.82) is 0 Å². The molecule has 5 rings (SSSR count). The highest BCUT2D eigenvalue weighted by atomic mass is 16.5. The number of benzene rings is 1. The largest absolute Gasteiger partial charge is 0.490 e. The molecule has 37 heavy (non-hydrogen) atoms. The van der Waals surface area contributed by atoms with Crippen molar-refractivity contribution in [1.82, 2.24) is 15.3 Å². The molecule has 7 heteroatoms. The highest BCUT2D eigenvalue weighted by Gasteiger charge is 2.33. The number of aliphatic hydroxyl groups excluding tert-OH is 1. The van der Waals surface area contributed by atoms with Crippen molar-refractivity contribution in [2.45, 2.75) is 90.6 Å². The van der Waals surface area contributed by atoms with E-state index >= 15 is 0 Å². The van der Waals surface area contributed by atoms with Crippen LogP contribution in [0.1, 0.15) is 88.3 Å². The van der Waals surface area contributed by atoms with E-state index in [0.29, 0.717) is 17.9 Å². The lowest BCUT2D eigenvalue weighted by Crippen LogP contribution is -2.40. The number of aromatic nitrogens is 2. The van der Waals surface area contributed by atoms with Crippen LogP contribution in [0.25, 0.3) is 0 Å². The molecule has 3 aliphatic rings. The second-order valence-electron chi connectivity index (χ2n) is 10.2. The minimum Gasteiger partial charge on any atom is -0.490 e. The van der Waals surface area contributed by atoms with Gasteiger partial charge >= 0.3 is 0 Å². The van der Waals surface area contributed by atoms with E-state index in [1.807, 2.05) is 12.4 Å². The fourth-order valence-electron chi connectivity index (χ4n) is 5.37. The summed E-state index contributed by atoms with van der Waals surface area (Å²) in [5.41, 5.74) is 4.17. The molecule has 0 aliphatic carbocycles. The molecule has 2 saturated heterocycles. The summed E-state index contributed by atoms with van der Waals surface area (Å²) in [5, 5.41) is 10.5. The van der Waals surface area contributed by atoms with Gasteiger partial charge in [0.2, 0.25) is 5.95 Å². The highest BCUT2D eigenvalue weighted by Crippen LogP contribution is 2.38. The summed E-state index contributed by atoms with van der Waals surface area (Å²) in [5.74, 6) is 3.34. The van der Waals surface area contributed by atoms with Crippen LogP contribution in [0.5, 0.6) is 5.75 Å². The molecule has 0 bridgehead atoms. The second kappa shape index (κ2) is 16.6.